The summed E-state index contributed by atoms with van der Waals surface area (Å²) in [5, 5.41) is 22.6. The maximum Gasteiger partial charge on any atom is 0.328 e. The van der Waals surface area contributed by atoms with Crippen LogP contribution < -0.4 is 10.6 Å². The first kappa shape index (κ1) is 19.8. The summed E-state index contributed by atoms with van der Waals surface area (Å²) >= 11 is 0. The second kappa shape index (κ2) is 8.38. The lowest BCUT2D eigenvalue weighted by molar-refractivity contribution is -0.140. The molecule has 3 aromatic rings. The number of nitrogens with one attached hydrogen (secondary N) is 2. The molecule has 1 atom stereocenters. The Bertz CT molecular complexity index is 1040. The lowest BCUT2D eigenvalue weighted by Gasteiger charge is -2.12. The van der Waals surface area contributed by atoms with Crippen LogP contribution in [0.25, 0.3) is 0 Å². The van der Waals surface area contributed by atoms with E-state index in [4.69, 9.17) is 5.11 Å². The van der Waals surface area contributed by atoms with E-state index in [2.05, 4.69) is 20.8 Å². The molecule has 0 saturated heterocycles. The molecule has 1 unspecified atom stereocenters. The van der Waals surface area contributed by atoms with Crippen LogP contribution in [0.2, 0.25) is 0 Å². The summed E-state index contributed by atoms with van der Waals surface area (Å²) in [6, 6.07) is 8.63. The number of carbonyl (C=O) groups is 3. The van der Waals surface area contributed by atoms with Gasteiger partial charge in [0, 0.05) is 30.3 Å². The number of anilines is 2. The molecule has 0 spiro atoms. The number of aliphatic carboxylic acids is 1. The molecule has 0 aliphatic heterocycles. The molecule has 0 aliphatic rings. The van der Waals surface area contributed by atoms with Gasteiger partial charge in [0.05, 0.1) is 0 Å². The van der Waals surface area contributed by atoms with Gasteiger partial charge in [0.25, 0.3) is 11.8 Å². The van der Waals surface area contributed by atoms with Crippen LogP contribution in [0.5, 0.6) is 0 Å². The Kier molecular flexibility index (Phi) is 5.72. The number of rotatable bonds is 7. The van der Waals surface area contributed by atoms with Crippen LogP contribution in [0.1, 0.15) is 40.9 Å². The molecule has 3 rings (SSSR count). The highest BCUT2D eigenvalue weighted by Crippen LogP contribution is 2.16. The van der Waals surface area contributed by atoms with Gasteiger partial charge in [-0.25, -0.2) is 9.48 Å². The van der Waals surface area contributed by atoms with Gasteiger partial charge < -0.3 is 15.7 Å². The number of hydrogen-bond acceptors (Lipinski definition) is 5. The SMILES string of the molecule is CCn1ccc(C(=O)Nc2ccc(NC(=O)c3ccnn3C(C)C(=O)O)cc2)n1. The van der Waals surface area contributed by atoms with Crippen molar-refractivity contribution in [2.24, 2.45) is 0 Å². The Balaban J connectivity index is 1.65. The zero-order chi connectivity index (χ0) is 21.0. The number of nitrogens with zero attached hydrogens (tertiary/aromatic N) is 4. The first-order valence-electron chi connectivity index (χ1n) is 8.91. The number of amides is 2. The average Bonchev–Trinajstić information content (AvgIpc) is 3.38. The molecule has 0 saturated carbocycles. The lowest BCUT2D eigenvalue weighted by atomic mass is 10.2. The van der Waals surface area contributed by atoms with E-state index in [-0.39, 0.29) is 11.6 Å². The smallest absolute Gasteiger partial charge is 0.328 e. The summed E-state index contributed by atoms with van der Waals surface area (Å²) in [4.78, 5) is 35.8. The van der Waals surface area contributed by atoms with Crippen molar-refractivity contribution < 1.29 is 19.5 Å². The molecular formula is C19H20N6O4. The Labute approximate surface area is 166 Å². The standard InChI is InChI=1S/C19H20N6O4/c1-3-24-11-9-15(23-24)17(26)21-13-4-6-14(7-5-13)22-18(27)16-8-10-20-25(16)12(2)19(28)29/h4-12H,3H2,1-2H3,(H,21,26)(H,22,27)(H,28,29). The van der Waals surface area contributed by atoms with Crippen LogP contribution in [0, 0.1) is 0 Å². The van der Waals surface area contributed by atoms with Gasteiger partial charge in [0.1, 0.15) is 11.7 Å². The predicted octanol–water partition coefficient (Wildman–Crippen LogP) is 2.25. The largest absolute Gasteiger partial charge is 0.480 e. The molecule has 2 amide bonds. The first-order chi connectivity index (χ1) is 13.9. The first-order valence-corrected chi connectivity index (χ1v) is 8.91. The molecule has 150 valence electrons. The van der Waals surface area contributed by atoms with Crippen molar-refractivity contribution >= 4 is 29.2 Å². The molecular weight excluding hydrogens is 376 g/mol. The highest BCUT2D eigenvalue weighted by molar-refractivity contribution is 6.04. The third-order valence-electron chi connectivity index (χ3n) is 4.23. The number of aryl methyl sites for hydroxylation is 1. The quantitative estimate of drug-likeness (QED) is 0.561. The Morgan fingerprint density at radius 1 is 1.03 bits per heavy atom. The van der Waals surface area contributed by atoms with Crippen molar-refractivity contribution in [3.63, 3.8) is 0 Å². The molecule has 2 heterocycles. The van der Waals surface area contributed by atoms with Gasteiger partial charge in [-0.2, -0.15) is 10.2 Å². The van der Waals surface area contributed by atoms with E-state index in [1.54, 1.807) is 41.2 Å². The summed E-state index contributed by atoms with van der Waals surface area (Å²) in [6.45, 7) is 4.04. The number of carboxylic acids is 1. The highest BCUT2D eigenvalue weighted by Gasteiger charge is 2.21. The van der Waals surface area contributed by atoms with Crippen molar-refractivity contribution in [1.82, 2.24) is 19.6 Å². The Morgan fingerprint density at radius 2 is 1.66 bits per heavy atom. The third kappa shape index (κ3) is 4.49. The van der Waals surface area contributed by atoms with Crippen LogP contribution in [0.15, 0.2) is 48.8 Å². The van der Waals surface area contributed by atoms with Gasteiger partial charge in [-0.1, -0.05) is 0 Å². The average molecular weight is 396 g/mol. The summed E-state index contributed by atoms with van der Waals surface area (Å²) in [7, 11) is 0. The van der Waals surface area contributed by atoms with Gasteiger partial charge in [-0.05, 0) is 50.2 Å². The zero-order valence-electron chi connectivity index (χ0n) is 15.9. The lowest BCUT2D eigenvalue weighted by Crippen LogP contribution is -2.24. The van der Waals surface area contributed by atoms with Crippen molar-refractivity contribution in [2.75, 3.05) is 10.6 Å². The summed E-state index contributed by atoms with van der Waals surface area (Å²) in [6.07, 6.45) is 3.09. The minimum Gasteiger partial charge on any atom is -0.480 e. The van der Waals surface area contributed by atoms with Gasteiger partial charge in [0.2, 0.25) is 0 Å². The maximum absolute atomic E-state index is 12.5. The van der Waals surface area contributed by atoms with Crippen LogP contribution in [0.4, 0.5) is 11.4 Å². The number of aromatic nitrogens is 4. The fourth-order valence-electron chi connectivity index (χ4n) is 2.59. The van der Waals surface area contributed by atoms with Gasteiger partial charge in [-0.3, -0.25) is 14.3 Å². The molecule has 1 aromatic carbocycles. The number of carboxylic acid groups (broad SMARTS) is 1. The van der Waals surface area contributed by atoms with E-state index < -0.39 is 17.9 Å². The third-order valence-corrected chi connectivity index (χ3v) is 4.23. The van der Waals surface area contributed by atoms with E-state index in [1.165, 1.54) is 19.2 Å². The Hall–Kier alpha value is -3.95. The van der Waals surface area contributed by atoms with E-state index in [9.17, 15) is 14.4 Å². The van der Waals surface area contributed by atoms with Crippen molar-refractivity contribution in [3.05, 3.63) is 60.2 Å². The summed E-state index contributed by atoms with van der Waals surface area (Å²) in [5.41, 5.74) is 1.47. The van der Waals surface area contributed by atoms with Crippen LogP contribution in [0.3, 0.4) is 0 Å². The monoisotopic (exact) mass is 396 g/mol. The predicted molar refractivity (Wildman–Crippen MR) is 105 cm³/mol. The van der Waals surface area contributed by atoms with E-state index in [0.717, 1.165) is 4.68 Å². The Morgan fingerprint density at radius 3 is 2.21 bits per heavy atom. The van der Waals surface area contributed by atoms with Crippen molar-refractivity contribution in [1.29, 1.82) is 0 Å². The molecule has 0 radical (unpaired) electrons. The van der Waals surface area contributed by atoms with Crippen LogP contribution in [-0.4, -0.2) is 42.5 Å². The van der Waals surface area contributed by atoms with Gasteiger partial charge in [0.15, 0.2) is 5.69 Å². The molecule has 0 fully saturated rings. The molecule has 0 aliphatic carbocycles. The minimum absolute atomic E-state index is 0.129. The molecule has 3 N–H and O–H groups in total. The highest BCUT2D eigenvalue weighted by atomic mass is 16.4. The number of carbonyl (C=O) groups excluding carboxylic acids is 2. The summed E-state index contributed by atoms with van der Waals surface area (Å²) < 4.78 is 2.80. The minimum atomic E-state index is -1.09. The second-order valence-corrected chi connectivity index (χ2v) is 6.22. The van der Waals surface area contributed by atoms with E-state index >= 15 is 0 Å². The van der Waals surface area contributed by atoms with Gasteiger partial charge in [-0.15, -0.1) is 0 Å². The van der Waals surface area contributed by atoms with E-state index in [1.807, 2.05) is 6.92 Å². The normalized spacial score (nSPS) is 11.7. The number of hydrogen-bond donors (Lipinski definition) is 3. The summed E-state index contributed by atoms with van der Waals surface area (Å²) in [5.74, 6) is -1.91. The second-order valence-electron chi connectivity index (χ2n) is 6.22. The zero-order valence-corrected chi connectivity index (χ0v) is 15.9. The fourth-order valence-corrected chi connectivity index (χ4v) is 2.59. The van der Waals surface area contributed by atoms with Gasteiger partial charge >= 0.3 is 5.97 Å². The molecule has 29 heavy (non-hydrogen) atoms. The number of benzene rings is 1. The van der Waals surface area contributed by atoms with Crippen LogP contribution >= 0.6 is 0 Å². The topological polar surface area (TPSA) is 131 Å². The maximum atomic E-state index is 12.5. The van der Waals surface area contributed by atoms with Crippen molar-refractivity contribution in [2.45, 2.75) is 26.4 Å². The molecule has 0 bridgehead atoms. The molecule has 2 aromatic heterocycles. The van der Waals surface area contributed by atoms with Crippen molar-refractivity contribution in [3.8, 4) is 0 Å². The molecule has 10 heteroatoms. The van der Waals surface area contributed by atoms with Crippen LogP contribution in [-0.2, 0) is 11.3 Å². The fraction of sp³-hybridized carbons (Fsp3) is 0.211. The molecule has 10 nitrogen and oxygen atoms in total. The van der Waals surface area contributed by atoms with E-state index in [0.29, 0.717) is 23.6 Å².